The second-order valence-corrected chi connectivity index (χ2v) is 7.72. The van der Waals surface area contributed by atoms with Gasteiger partial charge in [-0.2, -0.15) is 0 Å². The molecule has 0 saturated heterocycles. The summed E-state index contributed by atoms with van der Waals surface area (Å²) in [6, 6.07) is 0. The minimum absolute atomic E-state index is 0.00350. The third-order valence-corrected chi connectivity index (χ3v) is 5.83. The second kappa shape index (κ2) is 6.43. The van der Waals surface area contributed by atoms with Crippen LogP contribution < -0.4 is 5.56 Å². The van der Waals surface area contributed by atoms with Gasteiger partial charge >= 0.3 is 5.97 Å². The van der Waals surface area contributed by atoms with Gasteiger partial charge in [0.2, 0.25) is 0 Å². The number of fused-ring (bicyclic) bond motifs is 1. The molecule has 0 radical (unpaired) electrons. The molecule has 2 heterocycles. The summed E-state index contributed by atoms with van der Waals surface area (Å²) in [7, 11) is 0. The fourth-order valence-electron chi connectivity index (χ4n) is 3.09. The number of hydrogen-bond donors (Lipinski definition) is 0. The molecule has 0 atom stereocenters. The number of ether oxygens (including phenoxy) is 1. The minimum Gasteiger partial charge on any atom is -0.461 e. The number of carbonyl (C=O) groups is 1. The van der Waals surface area contributed by atoms with E-state index in [4.69, 9.17) is 4.74 Å². The highest BCUT2D eigenvalue weighted by molar-refractivity contribution is 7.18. The van der Waals surface area contributed by atoms with Crippen LogP contribution in [-0.2, 0) is 16.1 Å². The van der Waals surface area contributed by atoms with Crippen molar-refractivity contribution >= 4 is 27.5 Å². The van der Waals surface area contributed by atoms with Crippen LogP contribution in [0.15, 0.2) is 11.1 Å². The summed E-state index contributed by atoms with van der Waals surface area (Å²) in [5.41, 5.74) is 0.789. The maximum absolute atomic E-state index is 12.6. The molecule has 0 unspecified atom stereocenters. The summed E-state index contributed by atoms with van der Waals surface area (Å²) in [6.07, 6.45) is 5.47. The lowest BCUT2D eigenvalue weighted by Gasteiger charge is -2.26. The topological polar surface area (TPSA) is 61.2 Å². The highest BCUT2D eigenvalue weighted by Crippen LogP contribution is 2.26. The molecule has 0 aromatic carbocycles. The molecule has 1 saturated carbocycles. The summed E-state index contributed by atoms with van der Waals surface area (Å²) in [5.74, 6) is 0.362. The smallest absolute Gasteiger partial charge is 0.326 e. The molecule has 2 aromatic rings. The molecule has 124 valence electrons. The first-order valence-corrected chi connectivity index (χ1v) is 8.92. The van der Waals surface area contributed by atoms with Crippen molar-refractivity contribution in [3.8, 4) is 0 Å². The van der Waals surface area contributed by atoms with Crippen LogP contribution in [0.3, 0.4) is 0 Å². The van der Waals surface area contributed by atoms with Crippen molar-refractivity contribution in [3.63, 3.8) is 0 Å². The lowest BCUT2D eigenvalue weighted by Crippen LogP contribution is -2.29. The first-order chi connectivity index (χ1) is 11.0. The summed E-state index contributed by atoms with van der Waals surface area (Å²) >= 11 is 1.51. The minimum atomic E-state index is -0.350. The zero-order valence-corrected chi connectivity index (χ0v) is 14.6. The molecule has 0 bridgehead atoms. The largest absolute Gasteiger partial charge is 0.461 e. The van der Waals surface area contributed by atoms with E-state index in [1.807, 2.05) is 13.8 Å². The molecule has 1 aliphatic carbocycles. The molecule has 0 amide bonds. The van der Waals surface area contributed by atoms with Crippen LogP contribution in [0.2, 0.25) is 0 Å². The zero-order chi connectivity index (χ0) is 16.6. The Morgan fingerprint density at radius 1 is 1.35 bits per heavy atom. The molecule has 2 aromatic heterocycles. The lowest BCUT2D eigenvalue weighted by atomic mass is 9.89. The van der Waals surface area contributed by atoms with E-state index in [0.29, 0.717) is 11.3 Å². The van der Waals surface area contributed by atoms with Crippen molar-refractivity contribution in [2.75, 3.05) is 0 Å². The van der Waals surface area contributed by atoms with E-state index in [2.05, 4.69) is 11.9 Å². The van der Waals surface area contributed by atoms with Gasteiger partial charge < -0.3 is 4.74 Å². The SMILES string of the molecule is Cc1sc2ncn(CC(=O)OC3CCC(C)CC3)c(=O)c2c1C. The maximum Gasteiger partial charge on any atom is 0.326 e. The van der Waals surface area contributed by atoms with Gasteiger partial charge in [0, 0.05) is 4.88 Å². The van der Waals surface area contributed by atoms with Crippen LogP contribution in [0, 0.1) is 19.8 Å². The third-order valence-electron chi connectivity index (χ3n) is 4.72. The Morgan fingerprint density at radius 3 is 2.74 bits per heavy atom. The number of rotatable bonds is 3. The molecule has 0 spiro atoms. The maximum atomic E-state index is 12.6. The number of aryl methyl sites for hydroxylation is 2. The van der Waals surface area contributed by atoms with Gasteiger partial charge in [-0.15, -0.1) is 11.3 Å². The summed E-state index contributed by atoms with van der Waals surface area (Å²) in [5, 5.41) is 0.620. The number of hydrogen-bond acceptors (Lipinski definition) is 5. The quantitative estimate of drug-likeness (QED) is 0.809. The Labute approximate surface area is 139 Å². The van der Waals surface area contributed by atoms with Gasteiger partial charge in [0.1, 0.15) is 17.5 Å². The van der Waals surface area contributed by atoms with Crippen LogP contribution in [0.5, 0.6) is 0 Å². The van der Waals surface area contributed by atoms with Gasteiger partial charge in [0.25, 0.3) is 5.56 Å². The molecule has 0 aliphatic heterocycles. The van der Waals surface area contributed by atoms with Gasteiger partial charge in [-0.1, -0.05) is 6.92 Å². The second-order valence-electron chi connectivity index (χ2n) is 6.51. The molecule has 1 fully saturated rings. The molecule has 0 N–H and O–H groups in total. The summed E-state index contributed by atoms with van der Waals surface area (Å²) < 4.78 is 6.88. The molecule has 6 heteroatoms. The fraction of sp³-hybridized carbons (Fsp3) is 0.588. The van der Waals surface area contributed by atoms with Gasteiger partial charge in [-0.25, -0.2) is 4.98 Å². The van der Waals surface area contributed by atoms with Gasteiger partial charge in [-0.05, 0) is 51.0 Å². The standard InChI is InChI=1S/C17H22N2O3S/c1-10-4-6-13(7-5-10)22-14(20)8-19-9-18-16-15(17(19)21)11(2)12(3)23-16/h9-10,13H,4-8H2,1-3H3. The van der Waals surface area contributed by atoms with Gasteiger partial charge in [-0.3, -0.25) is 14.2 Å². The Balaban J connectivity index is 1.74. The van der Waals surface area contributed by atoms with Crippen molar-refractivity contribution in [2.45, 2.75) is 59.1 Å². The van der Waals surface area contributed by atoms with E-state index in [0.717, 1.165) is 41.0 Å². The van der Waals surface area contributed by atoms with E-state index in [1.54, 1.807) is 0 Å². The lowest BCUT2D eigenvalue weighted by molar-refractivity contribution is -0.151. The average molecular weight is 334 g/mol. The van der Waals surface area contributed by atoms with Crippen LogP contribution in [0.1, 0.15) is 43.0 Å². The fourth-order valence-corrected chi connectivity index (χ4v) is 4.08. The van der Waals surface area contributed by atoms with Crippen molar-refractivity contribution < 1.29 is 9.53 Å². The van der Waals surface area contributed by atoms with E-state index >= 15 is 0 Å². The van der Waals surface area contributed by atoms with E-state index < -0.39 is 0 Å². The molecule has 23 heavy (non-hydrogen) atoms. The molecular formula is C17H22N2O3S. The van der Waals surface area contributed by atoms with Crippen LogP contribution >= 0.6 is 11.3 Å². The number of aromatic nitrogens is 2. The van der Waals surface area contributed by atoms with Crippen LogP contribution in [0.4, 0.5) is 0 Å². The zero-order valence-electron chi connectivity index (χ0n) is 13.8. The normalized spacial score (nSPS) is 21.5. The predicted octanol–water partition coefficient (Wildman–Crippen LogP) is 3.20. The monoisotopic (exact) mass is 334 g/mol. The molecular weight excluding hydrogens is 312 g/mol. The summed E-state index contributed by atoms with van der Waals surface area (Å²) in [4.78, 5) is 30.8. The predicted molar refractivity (Wildman–Crippen MR) is 90.9 cm³/mol. The van der Waals surface area contributed by atoms with Crippen molar-refractivity contribution in [1.82, 2.24) is 9.55 Å². The van der Waals surface area contributed by atoms with Crippen molar-refractivity contribution in [1.29, 1.82) is 0 Å². The van der Waals surface area contributed by atoms with Crippen LogP contribution in [-0.4, -0.2) is 21.6 Å². The van der Waals surface area contributed by atoms with Crippen molar-refractivity contribution in [2.24, 2.45) is 5.92 Å². The number of thiophene rings is 1. The Morgan fingerprint density at radius 2 is 2.04 bits per heavy atom. The number of nitrogens with zero attached hydrogens (tertiary/aromatic N) is 2. The Hall–Kier alpha value is -1.69. The number of carbonyl (C=O) groups excluding carboxylic acids is 1. The average Bonchev–Trinajstić information content (AvgIpc) is 2.80. The Bertz CT molecular complexity index is 785. The summed E-state index contributed by atoms with van der Waals surface area (Å²) in [6.45, 7) is 6.05. The first kappa shape index (κ1) is 16.2. The first-order valence-electron chi connectivity index (χ1n) is 8.10. The highest BCUT2D eigenvalue weighted by Gasteiger charge is 2.22. The van der Waals surface area contributed by atoms with Gasteiger partial charge in [0.05, 0.1) is 11.7 Å². The Kier molecular flexibility index (Phi) is 4.53. The van der Waals surface area contributed by atoms with E-state index in [9.17, 15) is 9.59 Å². The third kappa shape index (κ3) is 3.32. The van der Waals surface area contributed by atoms with Crippen molar-refractivity contribution in [3.05, 3.63) is 27.1 Å². The van der Waals surface area contributed by atoms with Crippen LogP contribution in [0.25, 0.3) is 10.2 Å². The number of esters is 1. The van der Waals surface area contributed by atoms with Gasteiger partial charge in [0.15, 0.2) is 0 Å². The molecule has 3 rings (SSSR count). The van der Waals surface area contributed by atoms with E-state index in [1.165, 1.54) is 22.2 Å². The molecule has 5 nitrogen and oxygen atoms in total. The highest BCUT2D eigenvalue weighted by atomic mass is 32.1. The van der Waals surface area contributed by atoms with E-state index in [-0.39, 0.29) is 24.2 Å². The molecule has 1 aliphatic rings.